The van der Waals surface area contributed by atoms with Gasteiger partial charge >= 0.3 is 0 Å². The Bertz CT molecular complexity index is 357. The van der Waals surface area contributed by atoms with Crippen molar-refractivity contribution in [2.24, 2.45) is 0 Å². The molecule has 0 atom stereocenters. The number of nitrogens with zero attached hydrogens (tertiary/aromatic N) is 1. The van der Waals surface area contributed by atoms with Gasteiger partial charge in [-0.25, -0.2) is 0 Å². The van der Waals surface area contributed by atoms with E-state index >= 15 is 0 Å². The lowest BCUT2D eigenvalue weighted by atomic mass is 10.1. The maximum absolute atomic E-state index is 11.8. The van der Waals surface area contributed by atoms with Gasteiger partial charge in [-0.1, -0.05) is 19.4 Å². The van der Waals surface area contributed by atoms with Crippen LogP contribution in [0.15, 0.2) is 30.0 Å². The highest BCUT2D eigenvalue weighted by Gasteiger charge is 2.03. The summed E-state index contributed by atoms with van der Waals surface area (Å²) in [4.78, 5) is 15.9. The van der Waals surface area contributed by atoms with Gasteiger partial charge in [-0.15, -0.1) is 0 Å². The Hall–Kier alpha value is -1.44. The van der Waals surface area contributed by atoms with Crippen LogP contribution in [0.5, 0.6) is 0 Å². The van der Waals surface area contributed by atoms with Crippen LogP contribution in [0.4, 0.5) is 0 Å². The van der Waals surface area contributed by atoms with Gasteiger partial charge in [-0.2, -0.15) is 0 Å². The molecule has 2 nitrogen and oxygen atoms in total. The summed E-state index contributed by atoms with van der Waals surface area (Å²) in [5.41, 5.74) is 2.78. The molecule has 0 bridgehead atoms. The minimum absolute atomic E-state index is 0.0567. The molecule has 0 radical (unpaired) electrons. The summed E-state index contributed by atoms with van der Waals surface area (Å²) in [6, 6.07) is 3.68. The van der Waals surface area contributed by atoms with Crippen LogP contribution in [0.2, 0.25) is 0 Å². The van der Waals surface area contributed by atoms with Gasteiger partial charge in [0.2, 0.25) is 0 Å². The molecule has 0 amide bonds. The molecular formula is C13H17NO. The van der Waals surface area contributed by atoms with Crippen molar-refractivity contribution >= 4 is 5.78 Å². The monoisotopic (exact) mass is 203 g/mol. The van der Waals surface area contributed by atoms with Crippen molar-refractivity contribution in [2.75, 3.05) is 0 Å². The molecule has 0 spiro atoms. The minimum atomic E-state index is 0.0567. The van der Waals surface area contributed by atoms with Crippen molar-refractivity contribution in [3.05, 3.63) is 41.2 Å². The Kier molecular flexibility index (Phi) is 4.22. The zero-order chi connectivity index (χ0) is 11.3. The number of aromatic nitrogens is 1. The molecule has 0 unspecified atom stereocenters. The van der Waals surface area contributed by atoms with Crippen molar-refractivity contribution in [1.29, 1.82) is 0 Å². The van der Waals surface area contributed by atoms with Crippen LogP contribution in [-0.2, 0) is 0 Å². The standard InChI is InChI=1S/C13H17NO/c1-4-11(5-2)8-13(15)12-7-6-10(3)14-9-12/h6-9H,4-5H2,1-3H3. The summed E-state index contributed by atoms with van der Waals surface area (Å²) >= 11 is 0. The first-order valence-corrected chi connectivity index (χ1v) is 5.33. The van der Waals surface area contributed by atoms with E-state index in [1.165, 1.54) is 5.57 Å². The second-order valence-electron chi connectivity index (χ2n) is 3.56. The summed E-state index contributed by atoms with van der Waals surface area (Å²) in [6.45, 7) is 6.04. The second kappa shape index (κ2) is 5.44. The molecule has 0 fully saturated rings. The van der Waals surface area contributed by atoms with E-state index in [1.54, 1.807) is 12.3 Å². The highest BCUT2D eigenvalue weighted by molar-refractivity contribution is 6.04. The summed E-state index contributed by atoms with van der Waals surface area (Å²) < 4.78 is 0. The number of hydrogen-bond acceptors (Lipinski definition) is 2. The van der Waals surface area contributed by atoms with Crippen molar-refractivity contribution in [1.82, 2.24) is 4.98 Å². The number of pyridine rings is 1. The molecule has 0 aliphatic heterocycles. The van der Waals surface area contributed by atoms with Crippen molar-refractivity contribution in [3.8, 4) is 0 Å². The fourth-order valence-electron chi connectivity index (χ4n) is 1.34. The lowest BCUT2D eigenvalue weighted by Gasteiger charge is -2.00. The van der Waals surface area contributed by atoms with Gasteiger partial charge in [0.05, 0.1) is 0 Å². The molecular weight excluding hydrogens is 186 g/mol. The number of allylic oxidation sites excluding steroid dienone is 2. The van der Waals surface area contributed by atoms with Gasteiger partial charge in [-0.3, -0.25) is 9.78 Å². The number of ketones is 1. The molecule has 0 saturated heterocycles. The predicted octanol–water partition coefficient (Wildman–Crippen LogP) is 3.32. The fourth-order valence-corrected chi connectivity index (χ4v) is 1.34. The normalized spacial score (nSPS) is 9.80. The Morgan fingerprint density at radius 3 is 2.47 bits per heavy atom. The van der Waals surface area contributed by atoms with Gasteiger partial charge in [0.1, 0.15) is 0 Å². The van der Waals surface area contributed by atoms with Gasteiger partial charge in [-0.05, 0) is 38.0 Å². The Morgan fingerprint density at radius 1 is 1.33 bits per heavy atom. The first kappa shape index (κ1) is 11.6. The molecule has 1 aromatic heterocycles. The first-order chi connectivity index (χ1) is 7.17. The summed E-state index contributed by atoms with van der Waals surface area (Å²) in [6.07, 6.45) is 5.23. The van der Waals surface area contributed by atoms with E-state index in [2.05, 4.69) is 18.8 Å². The maximum Gasteiger partial charge on any atom is 0.187 e. The van der Waals surface area contributed by atoms with Crippen LogP contribution in [-0.4, -0.2) is 10.8 Å². The SMILES string of the molecule is CCC(=CC(=O)c1ccc(C)nc1)CC. The molecule has 0 aliphatic rings. The number of carbonyl (C=O) groups is 1. The number of carbonyl (C=O) groups excluding carboxylic acids is 1. The lowest BCUT2D eigenvalue weighted by Crippen LogP contribution is -1.97. The largest absolute Gasteiger partial charge is 0.289 e. The van der Waals surface area contributed by atoms with Gasteiger partial charge in [0.15, 0.2) is 5.78 Å². The highest BCUT2D eigenvalue weighted by atomic mass is 16.1. The van der Waals surface area contributed by atoms with E-state index in [0.717, 1.165) is 18.5 Å². The van der Waals surface area contributed by atoms with E-state index in [0.29, 0.717) is 5.56 Å². The third kappa shape index (κ3) is 3.31. The van der Waals surface area contributed by atoms with Crippen LogP contribution in [0.1, 0.15) is 42.7 Å². The molecule has 80 valence electrons. The summed E-state index contributed by atoms with van der Waals surface area (Å²) in [5.74, 6) is 0.0567. The van der Waals surface area contributed by atoms with Gasteiger partial charge < -0.3 is 0 Å². The third-order valence-electron chi connectivity index (χ3n) is 2.44. The molecule has 1 rings (SSSR count). The molecule has 15 heavy (non-hydrogen) atoms. The van der Waals surface area contributed by atoms with E-state index in [9.17, 15) is 4.79 Å². The Balaban J connectivity index is 2.85. The summed E-state index contributed by atoms with van der Waals surface area (Å²) in [7, 11) is 0. The van der Waals surface area contributed by atoms with E-state index in [-0.39, 0.29) is 5.78 Å². The fraction of sp³-hybridized carbons (Fsp3) is 0.385. The molecule has 1 aromatic rings. The van der Waals surface area contributed by atoms with Crippen LogP contribution >= 0.6 is 0 Å². The van der Waals surface area contributed by atoms with Gasteiger partial charge in [0, 0.05) is 17.5 Å². The van der Waals surface area contributed by atoms with Crippen LogP contribution < -0.4 is 0 Å². The topological polar surface area (TPSA) is 30.0 Å². The van der Waals surface area contributed by atoms with Crippen LogP contribution in [0.25, 0.3) is 0 Å². The minimum Gasteiger partial charge on any atom is -0.289 e. The van der Waals surface area contributed by atoms with E-state index in [4.69, 9.17) is 0 Å². The molecule has 0 N–H and O–H groups in total. The molecule has 1 heterocycles. The molecule has 0 saturated carbocycles. The maximum atomic E-state index is 11.8. The molecule has 0 aromatic carbocycles. The van der Waals surface area contributed by atoms with E-state index < -0.39 is 0 Å². The lowest BCUT2D eigenvalue weighted by molar-refractivity contribution is 0.104. The zero-order valence-corrected chi connectivity index (χ0v) is 9.58. The van der Waals surface area contributed by atoms with Gasteiger partial charge in [0.25, 0.3) is 0 Å². The number of hydrogen-bond donors (Lipinski definition) is 0. The Labute approximate surface area is 91.0 Å². The third-order valence-corrected chi connectivity index (χ3v) is 2.44. The Morgan fingerprint density at radius 2 is 2.00 bits per heavy atom. The van der Waals surface area contributed by atoms with Crippen LogP contribution in [0.3, 0.4) is 0 Å². The summed E-state index contributed by atoms with van der Waals surface area (Å²) in [5, 5.41) is 0. The average Bonchev–Trinajstić information content (AvgIpc) is 2.26. The van der Waals surface area contributed by atoms with E-state index in [1.807, 2.05) is 19.1 Å². The van der Waals surface area contributed by atoms with Crippen molar-refractivity contribution in [2.45, 2.75) is 33.6 Å². The number of aryl methyl sites for hydroxylation is 1. The first-order valence-electron chi connectivity index (χ1n) is 5.33. The van der Waals surface area contributed by atoms with Crippen molar-refractivity contribution in [3.63, 3.8) is 0 Å². The van der Waals surface area contributed by atoms with Crippen molar-refractivity contribution < 1.29 is 4.79 Å². The zero-order valence-electron chi connectivity index (χ0n) is 9.58. The van der Waals surface area contributed by atoms with Crippen LogP contribution in [0, 0.1) is 6.92 Å². The predicted molar refractivity (Wildman–Crippen MR) is 62.0 cm³/mol. The number of rotatable bonds is 4. The highest BCUT2D eigenvalue weighted by Crippen LogP contribution is 2.09. The molecule has 2 heteroatoms. The smallest absolute Gasteiger partial charge is 0.187 e. The second-order valence-corrected chi connectivity index (χ2v) is 3.56. The average molecular weight is 203 g/mol. The quantitative estimate of drug-likeness (QED) is 0.555. The molecule has 0 aliphatic carbocycles.